The number of benzene rings is 1. The fraction of sp³-hybridized carbons (Fsp3) is 0.545. The van der Waals surface area contributed by atoms with Gasteiger partial charge >= 0.3 is 5.97 Å². The molecule has 0 spiro atoms. The van der Waals surface area contributed by atoms with Crippen LogP contribution in [0.1, 0.15) is 54.6 Å². The minimum Gasteiger partial charge on any atom is -0.463 e. The SMILES string of the molecule is Cc1nn(CCOC(=O)[C@H]2C[C@H]2c2ccccc2)c2c1[C@H]1[C@@H](C2)C1(C)C. The van der Waals surface area contributed by atoms with Gasteiger partial charge in [0.05, 0.1) is 18.2 Å². The number of carbonyl (C=O) groups is 1. The van der Waals surface area contributed by atoms with Crippen LogP contribution in [0.3, 0.4) is 0 Å². The Morgan fingerprint density at radius 3 is 2.85 bits per heavy atom. The van der Waals surface area contributed by atoms with Crippen LogP contribution in [0.15, 0.2) is 30.3 Å². The quantitative estimate of drug-likeness (QED) is 0.770. The molecule has 4 nitrogen and oxygen atoms in total. The minimum atomic E-state index is -0.0524. The van der Waals surface area contributed by atoms with Crippen molar-refractivity contribution in [2.45, 2.75) is 52.0 Å². The highest BCUT2D eigenvalue weighted by molar-refractivity contribution is 5.77. The molecule has 0 N–H and O–H groups in total. The van der Waals surface area contributed by atoms with E-state index in [2.05, 4.69) is 37.6 Å². The molecule has 0 bridgehead atoms. The first-order valence-corrected chi connectivity index (χ1v) is 9.76. The van der Waals surface area contributed by atoms with E-state index in [4.69, 9.17) is 9.84 Å². The molecule has 2 saturated carbocycles. The van der Waals surface area contributed by atoms with E-state index in [0.29, 0.717) is 30.4 Å². The average molecular weight is 350 g/mol. The van der Waals surface area contributed by atoms with Crippen molar-refractivity contribution in [3.63, 3.8) is 0 Å². The molecule has 4 atom stereocenters. The zero-order chi connectivity index (χ0) is 18.1. The van der Waals surface area contributed by atoms with Gasteiger partial charge in [-0.3, -0.25) is 9.48 Å². The first-order chi connectivity index (χ1) is 12.5. The second kappa shape index (κ2) is 5.45. The molecular formula is C22H26N2O2. The Bertz CT molecular complexity index is 868. The summed E-state index contributed by atoms with van der Waals surface area (Å²) >= 11 is 0. The number of nitrogens with zero attached hydrogens (tertiary/aromatic N) is 2. The first-order valence-electron chi connectivity index (χ1n) is 9.76. The Kier molecular flexibility index (Phi) is 3.37. The zero-order valence-electron chi connectivity index (χ0n) is 15.7. The first kappa shape index (κ1) is 16.1. The number of carbonyl (C=O) groups excluding carboxylic acids is 1. The summed E-state index contributed by atoms with van der Waals surface area (Å²) in [4.78, 5) is 12.3. The van der Waals surface area contributed by atoms with Crippen LogP contribution in [0, 0.1) is 24.2 Å². The molecule has 1 aromatic carbocycles. The summed E-state index contributed by atoms with van der Waals surface area (Å²) < 4.78 is 7.65. The van der Waals surface area contributed by atoms with Gasteiger partial charge < -0.3 is 4.74 Å². The molecular weight excluding hydrogens is 324 g/mol. The molecule has 0 unspecified atom stereocenters. The van der Waals surface area contributed by atoms with Crippen molar-refractivity contribution in [1.82, 2.24) is 9.78 Å². The average Bonchev–Trinajstić information content (AvgIpc) is 3.41. The van der Waals surface area contributed by atoms with Gasteiger partial charge in [0, 0.05) is 11.3 Å². The highest BCUT2D eigenvalue weighted by Gasteiger charge is 2.63. The molecule has 0 saturated heterocycles. The fourth-order valence-corrected chi connectivity index (χ4v) is 5.22. The lowest BCUT2D eigenvalue weighted by atomic mass is 9.98. The third-order valence-corrected chi connectivity index (χ3v) is 6.93. The van der Waals surface area contributed by atoms with Crippen LogP contribution in [-0.2, 0) is 22.5 Å². The maximum Gasteiger partial charge on any atom is 0.309 e. The van der Waals surface area contributed by atoms with E-state index in [1.807, 2.05) is 18.2 Å². The molecule has 1 aromatic heterocycles. The van der Waals surface area contributed by atoms with E-state index in [-0.39, 0.29) is 11.9 Å². The molecule has 3 aliphatic rings. The van der Waals surface area contributed by atoms with Gasteiger partial charge in [-0.05, 0) is 48.5 Å². The number of ether oxygens (including phenoxy) is 1. The van der Waals surface area contributed by atoms with Crippen LogP contribution >= 0.6 is 0 Å². The van der Waals surface area contributed by atoms with E-state index in [1.165, 1.54) is 16.8 Å². The molecule has 1 heterocycles. The molecule has 26 heavy (non-hydrogen) atoms. The highest BCUT2D eigenvalue weighted by atomic mass is 16.5. The molecule has 0 amide bonds. The Labute approximate surface area is 154 Å². The number of aromatic nitrogens is 2. The molecule has 3 aliphatic carbocycles. The van der Waals surface area contributed by atoms with E-state index in [9.17, 15) is 4.79 Å². The molecule has 2 aromatic rings. The molecule has 0 radical (unpaired) electrons. The van der Waals surface area contributed by atoms with E-state index >= 15 is 0 Å². The van der Waals surface area contributed by atoms with E-state index < -0.39 is 0 Å². The summed E-state index contributed by atoms with van der Waals surface area (Å²) in [6, 6.07) is 10.3. The third kappa shape index (κ3) is 2.34. The van der Waals surface area contributed by atoms with Crippen molar-refractivity contribution in [3.05, 3.63) is 52.8 Å². The van der Waals surface area contributed by atoms with Crippen LogP contribution in [0.5, 0.6) is 0 Å². The monoisotopic (exact) mass is 350 g/mol. The predicted octanol–water partition coefficient (Wildman–Crippen LogP) is 3.83. The van der Waals surface area contributed by atoms with Gasteiger partial charge in [0.15, 0.2) is 0 Å². The van der Waals surface area contributed by atoms with E-state index in [0.717, 1.165) is 24.5 Å². The predicted molar refractivity (Wildman–Crippen MR) is 98.9 cm³/mol. The number of hydrogen-bond donors (Lipinski definition) is 0. The molecule has 2 fully saturated rings. The Hall–Kier alpha value is -2.10. The number of rotatable bonds is 5. The fourth-order valence-electron chi connectivity index (χ4n) is 5.22. The maximum atomic E-state index is 12.3. The lowest BCUT2D eigenvalue weighted by Gasteiger charge is -2.11. The summed E-state index contributed by atoms with van der Waals surface area (Å²) in [7, 11) is 0. The van der Waals surface area contributed by atoms with Gasteiger partial charge in [-0.1, -0.05) is 44.2 Å². The van der Waals surface area contributed by atoms with Crippen LogP contribution < -0.4 is 0 Å². The topological polar surface area (TPSA) is 44.1 Å². The Morgan fingerprint density at radius 1 is 1.31 bits per heavy atom. The second-order valence-electron chi connectivity index (χ2n) is 8.81. The second-order valence-corrected chi connectivity index (χ2v) is 8.81. The normalized spacial score (nSPS) is 29.8. The van der Waals surface area contributed by atoms with Crippen molar-refractivity contribution < 1.29 is 9.53 Å². The maximum absolute atomic E-state index is 12.3. The number of esters is 1. The van der Waals surface area contributed by atoms with Gasteiger partial charge in [-0.15, -0.1) is 0 Å². The van der Waals surface area contributed by atoms with Crippen LogP contribution in [0.4, 0.5) is 0 Å². The summed E-state index contributed by atoms with van der Waals surface area (Å²) in [5.41, 5.74) is 5.70. The smallest absolute Gasteiger partial charge is 0.309 e. The van der Waals surface area contributed by atoms with Crippen LogP contribution in [0.2, 0.25) is 0 Å². The molecule has 0 aliphatic heterocycles. The van der Waals surface area contributed by atoms with E-state index in [1.54, 1.807) is 0 Å². The van der Waals surface area contributed by atoms with Gasteiger partial charge in [-0.2, -0.15) is 5.10 Å². The standard InChI is InChI=1S/C22H26N2O2/c1-13-19-18(12-17-20(19)22(17,2)3)24(23-13)9-10-26-21(25)16-11-15(16)14-7-5-4-6-8-14/h4-8,15-17,20H,9-12H2,1-3H3/t15-,16-,17+,20+/m0/s1. The van der Waals surface area contributed by atoms with Crippen LogP contribution in [0.25, 0.3) is 0 Å². The van der Waals surface area contributed by atoms with Crippen molar-refractivity contribution >= 4 is 5.97 Å². The lowest BCUT2D eigenvalue weighted by molar-refractivity contribution is -0.145. The van der Waals surface area contributed by atoms with Crippen molar-refractivity contribution in [3.8, 4) is 0 Å². The van der Waals surface area contributed by atoms with Crippen molar-refractivity contribution in [1.29, 1.82) is 0 Å². The summed E-state index contributed by atoms with van der Waals surface area (Å²) in [6.07, 6.45) is 2.04. The largest absolute Gasteiger partial charge is 0.463 e. The summed E-state index contributed by atoms with van der Waals surface area (Å²) in [6.45, 7) is 7.94. The molecule has 4 heteroatoms. The Morgan fingerprint density at radius 2 is 2.08 bits per heavy atom. The minimum absolute atomic E-state index is 0.0379. The van der Waals surface area contributed by atoms with Crippen molar-refractivity contribution in [2.75, 3.05) is 6.61 Å². The lowest BCUT2D eigenvalue weighted by Crippen LogP contribution is -2.16. The number of fused-ring (bicyclic) bond motifs is 3. The van der Waals surface area contributed by atoms with Gasteiger partial charge in [0.2, 0.25) is 0 Å². The number of hydrogen-bond acceptors (Lipinski definition) is 3. The zero-order valence-corrected chi connectivity index (χ0v) is 15.7. The van der Waals surface area contributed by atoms with Gasteiger partial charge in [0.25, 0.3) is 0 Å². The Balaban J connectivity index is 1.17. The van der Waals surface area contributed by atoms with Crippen molar-refractivity contribution in [2.24, 2.45) is 17.3 Å². The number of aryl methyl sites for hydroxylation is 1. The summed E-state index contributed by atoms with van der Waals surface area (Å²) in [5.74, 6) is 1.79. The van der Waals surface area contributed by atoms with Gasteiger partial charge in [-0.25, -0.2) is 0 Å². The molecule has 5 rings (SSSR count). The highest BCUT2D eigenvalue weighted by Crippen LogP contribution is 2.70. The molecule has 136 valence electrons. The third-order valence-electron chi connectivity index (χ3n) is 6.93. The van der Waals surface area contributed by atoms with Crippen LogP contribution in [-0.4, -0.2) is 22.4 Å². The van der Waals surface area contributed by atoms with Gasteiger partial charge in [0.1, 0.15) is 6.61 Å². The summed E-state index contributed by atoms with van der Waals surface area (Å²) in [5, 5.41) is 4.72.